The lowest BCUT2D eigenvalue weighted by molar-refractivity contribution is 0.0475. The quantitative estimate of drug-likeness (QED) is 0.390. The van der Waals surface area contributed by atoms with E-state index in [0.29, 0.717) is 16.3 Å². The highest BCUT2D eigenvalue weighted by Gasteiger charge is 2.16. The van der Waals surface area contributed by atoms with Gasteiger partial charge in [-0.05, 0) is 42.8 Å². The van der Waals surface area contributed by atoms with Crippen LogP contribution in [0.5, 0.6) is 0 Å². The number of fused-ring (bicyclic) bond motifs is 1. The maximum atomic E-state index is 12.9. The second-order valence-electron chi connectivity index (χ2n) is 6.64. The number of ether oxygens (including phenoxy) is 1. The van der Waals surface area contributed by atoms with Crippen molar-refractivity contribution in [3.63, 3.8) is 0 Å². The number of carbonyl (C=O) groups is 1. The summed E-state index contributed by atoms with van der Waals surface area (Å²) in [5.74, 6) is -0.364. The SMILES string of the molecule is Cc1ccc2nc(-c3ccc(Cl)cc3)cc(C(=O)OCc3ccccc3)c2c1. The summed E-state index contributed by atoms with van der Waals surface area (Å²) in [4.78, 5) is 17.6. The minimum absolute atomic E-state index is 0.228. The van der Waals surface area contributed by atoms with Crippen LogP contribution in [0.3, 0.4) is 0 Å². The lowest BCUT2D eigenvalue weighted by Gasteiger charge is -2.11. The van der Waals surface area contributed by atoms with Gasteiger partial charge in [0.15, 0.2) is 0 Å². The first-order valence-corrected chi connectivity index (χ1v) is 9.36. The van der Waals surface area contributed by atoms with Crippen LogP contribution in [0.4, 0.5) is 0 Å². The zero-order chi connectivity index (χ0) is 19.5. The molecule has 0 fully saturated rings. The van der Waals surface area contributed by atoms with Gasteiger partial charge >= 0.3 is 5.97 Å². The summed E-state index contributed by atoms with van der Waals surface area (Å²) in [5, 5.41) is 1.44. The minimum atomic E-state index is -0.364. The average Bonchev–Trinajstić information content (AvgIpc) is 2.72. The summed E-state index contributed by atoms with van der Waals surface area (Å²) in [6.45, 7) is 2.22. The first kappa shape index (κ1) is 18.2. The van der Waals surface area contributed by atoms with E-state index in [1.165, 1.54) is 0 Å². The van der Waals surface area contributed by atoms with Gasteiger partial charge in [0.2, 0.25) is 0 Å². The lowest BCUT2D eigenvalue weighted by Crippen LogP contribution is -2.07. The number of hydrogen-bond donors (Lipinski definition) is 0. The highest BCUT2D eigenvalue weighted by molar-refractivity contribution is 6.30. The number of aryl methyl sites for hydroxylation is 1. The molecule has 28 heavy (non-hydrogen) atoms. The molecule has 1 aromatic heterocycles. The number of benzene rings is 3. The van der Waals surface area contributed by atoms with Gasteiger partial charge in [-0.1, -0.05) is 65.7 Å². The third-order valence-electron chi connectivity index (χ3n) is 4.54. The molecule has 1 heterocycles. The molecule has 0 unspecified atom stereocenters. The molecule has 4 aromatic rings. The molecule has 4 rings (SSSR count). The largest absolute Gasteiger partial charge is 0.457 e. The molecule has 0 radical (unpaired) electrons. The lowest BCUT2D eigenvalue weighted by atomic mass is 10.0. The highest BCUT2D eigenvalue weighted by Crippen LogP contribution is 2.27. The van der Waals surface area contributed by atoms with Crippen molar-refractivity contribution in [1.29, 1.82) is 0 Å². The predicted octanol–water partition coefficient (Wildman–Crippen LogP) is 6.22. The summed E-state index contributed by atoms with van der Waals surface area (Å²) < 4.78 is 5.58. The van der Waals surface area contributed by atoms with Gasteiger partial charge < -0.3 is 4.74 Å². The Hall–Kier alpha value is -3.17. The standard InChI is InChI=1S/C24H18ClNO2/c1-16-7-12-22-20(13-16)21(24(27)28-15-17-5-3-2-4-6-17)14-23(26-22)18-8-10-19(25)11-9-18/h2-14H,15H2,1H3. The molecule has 0 bridgehead atoms. The Balaban J connectivity index is 1.75. The topological polar surface area (TPSA) is 39.2 Å². The van der Waals surface area contributed by atoms with Crippen LogP contribution in [-0.4, -0.2) is 11.0 Å². The molecule has 138 valence electrons. The summed E-state index contributed by atoms with van der Waals surface area (Å²) in [5.41, 5.74) is 4.87. The molecule has 0 atom stereocenters. The van der Waals surface area contributed by atoms with Crippen molar-refractivity contribution in [2.75, 3.05) is 0 Å². The fraction of sp³-hybridized carbons (Fsp3) is 0.0833. The van der Waals surface area contributed by atoms with Crippen LogP contribution < -0.4 is 0 Å². The number of pyridine rings is 1. The molecule has 0 aliphatic carbocycles. The molecule has 3 aromatic carbocycles. The van der Waals surface area contributed by atoms with Gasteiger partial charge in [0.05, 0.1) is 16.8 Å². The van der Waals surface area contributed by atoms with E-state index in [0.717, 1.165) is 27.6 Å². The van der Waals surface area contributed by atoms with Crippen LogP contribution in [0.1, 0.15) is 21.5 Å². The Morgan fingerprint density at radius 2 is 1.71 bits per heavy atom. The van der Waals surface area contributed by atoms with Crippen molar-refractivity contribution in [2.24, 2.45) is 0 Å². The first-order valence-electron chi connectivity index (χ1n) is 8.98. The monoisotopic (exact) mass is 387 g/mol. The second kappa shape index (κ2) is 7.83. The van der Waals surface area contributed by atoms with E-state index in [-0.39, 0.29) is 12.6 Å². The zero-order valence-electron chi connectivity index (χ0n) is 15.4. The molecule has 0 amide bonds. The average molecular weight is 388 g/mol. The Kier molecular flexibility index (Phi) is 5.09. The third-order valence-corrected chi connectivity index (χ3v) is 4.79. The van der Waals surface area contributed by atoms with Gasteiger partial charge in [0, 0.05) is 16.0 Å². The molecule has 3 nitrogen and oxygen atoms in total. The van der Waals surface area contributed by atoms with E-state index in [2.05, 4.69) is 0 Å². The fourth-order valence-electron chi connectivity index (χ4n) is 3.08. The van der Waals surface area contributed by atoms with Gasteiger partial charge in [-0.25, -0.2) is 9.78 Å². The van der Waals surface area contributed by atoms with Crippen LogP contribution >= 0.6 is 11.6 Å². The Morgan fingerprint density at radius 3 is 2.46 bits per heavy atom. The number of hydrogen-bond acceptors (Lipinski definition) is 3. The van der Waals surface area contributed by atoms with E-state index >= 15 is 0 Å². The Morgan fingerprint density at radius 1 is 0.964 bits per heavy atom. The Labute approximate surface area is 168 Å². The summed E-state index contributed by atoms with van der Waals surface area (Å²) in [7, 11) is 0. The van der Waals surface area contributed by atoms with Gasteiger partial charge in [-0.3, -0.25) is 0 Å². The van der Waals surface area contributed by atoms with Crippen molar-refractivity contribution in [1.82, 2.24) is 4.98 Å². The number of esters is 1. The smallest absolute Gasteiger partial charge is 0.339 e. The molecule has 4 heteroatoms. The number of rotatable bonds is 4. The number of halogens is 1. The molecular weight excluding hydrogens is 370 g/mol. The highest BCUT2D eigenvalue weighted by atomic mass is 35.5. The molecule has 0 N–H and O–H groups in total. The van der Waals surface area contributed by atoms with E-state index in [1.54, 1.807) is 6.07 Å². The maximum Gasteiger partial charge on any atom is 0.339 e. The maximum absolute atomic E-state index is 12.9. The van der Waals surface area contributed by atoms with Crippen LogP contribution in [0.2, 0.25) is 5.02 Å². The first-order chi connectivity index (χ1) is 13.6. The molecule has 0 aliphatic rings. The summed E-state index contributed by atoms with van der Waals surface area (Å²) in [6.07, 6.45) is 0. The summed E-state index contributed by atoms with van der Waals surface area (Å²) >= 11 is 6.00. The van der Waals surface area contributed by atoms with Gasteiger partial charge in [-0.15, -0.1) is 0 Å². The van der Waals surface area contributed by atoms with Gasteiger partial charge in [-0.2, -0.15) is 0 Å². The van der Waals surface area contributed by atoms with Gasteiger partial charge in [0.1, 0.15) is 6.61 Å². The minimum Gasteiger partial charge on any atom is -0.457 e. The van der Waals surface area contributed by atoms with Crippen molar-refractivity contribution < 1.29 is 9.53 Å². The predicted molar refractivity (Wildman–Crippen MR) is 112 cm³/mol. The van der Waals surface area contributed by atoms with Crippen LogP contribution in [-0.2, 0) is 11.3 Å². The fourth-order valence-corrected chi connectivity index (χ4v) is 3.20. The normalized spacial score (nSPS) is 10.8. The number of aromatic nitrogens is 1. The summed E-state index contributed by atoms with van der Waals surface area (Å²) in [6, 6.07) is 24.7. The number of carbonyl (C=O) groups excluding carboxylic acids is 1. The van der Waals surface area contributed by atoms with Gasteiger partial charge in [0.25, 0.3) is 0 Å². The molecule has 0 aliphatic heterocycles. The van der Waals surface area contributed by atoms with Crippen LogP contribution in [0, 0.1) is 6.92 Å². The van der Waals surface area contributed by atoms with E-state index in [1.807, 2.05) is 79.7 Å². The van der Waals surface area contributed by atoms with E-state index in [4.69, 9.17) is 21.3 Å². The Bertz CT molecular complexity index is 1140. The van der Waals surface area contributed by atoms with Crippen molar-refractivity contribution in [2.45, 2.75) is 13.5 Å². The van der Waals surface area contributed by atoms with E-state index < -0.39 is 0 Å². The molecule has 0 saturated carbocycles. The van der Waals surface area contributed by atoms with Crippen LogP contribution in [0.25, 0.3) is 22.2 Å². The van der Waals surface area contributed by atoms with Crippen LogP contribution in [0.15, 0.2) is 78.9 Å². The third kappa shape index (κ3) is 3.90. The van der Waals surface area contributed by atoms with Crippen molar-refractivity contribution >= 4 is 28.5 Å². The molecular formula is C24H18ClNO2. The number of nitrogens with zero attached hydrogens (tertiary/aromatic N) is 1. The molecule has 0 spiro atoms. The van der Waals surface area contributed by atoms with Crippen molar-refractivity contribution in [3.05, 3.63) is 101 Å². The van der Waals surface area contributed by atoms with Crippen molar-refractivity contribution in [3.8, 4) is 11.3 Å². The zero-order valence-corrected chi connectivity index (χ0v) is 16.1. The molecule has 0 saturated heterocycles. The second-order valence-corrected chi connectivity index (χ2v) is 7.08. The van der Waals surface area contributed by atoms with E-state index in [9.17, 15) is 4.79 Å².